The average molecular weight is 1190 g/mol. The maximum atomic E-state index is 11.9. The van der Waals surface area contributed by atoms with Gasteiger partial charge in [0.25, 0.3) is 42.7 Å². The minimum Gasteiger partial charge on any atom is -0.465 e. The first kappa shape index (κ1) is 67.4. The van der Waals surface area contributed by atoms with E-state index in [2.05, 4.69) is 38.2 Å². The third kappa shape index (κ3) is 26.2. The van der Waals surface area contributed by atoms with E-state index in [-0.39, 0.29) is 73.8 Å². The summed E-state index contributed by atoms with van der Waals surface area (Å²) in [5.41, 5.74) is 0. The molecule has 6 amide bonds. The van der Waals surface area contributed by atoms with E-state index in [0.717, 1.165) is 74.0 Å². The van der Waals surface area contributed by atoms with Crippen molar-refractivity contribution in [2.75, 3.05) is 75.9 Å². The molecule has 0 bridgehead atoms. The van der Waals surface area contributed by atoms with Crippen LogP contribution >= 0.6 is 43.2 Å². The van der Waals surface area contributed by atoms with Gasteiger partial charge in [0.1, 0.15) is 6.61 Å². The van der Waals surface area contributed by atoms with Crippen molar-refractivity contribution >= 4 is 110 Å². The van der Waals surface area contributed by atoms with E-state index in [1.165, 1.54) is 30.9 Å². The van der Waals surface area contributed by atoms with E-state index in [9.17, 15) is 47.9 Å². The summed E-state index contributed by atoms with van der Waals surface area (Å²) in [7, 11) is 7.87. The maximum Gasteiger partial charge on any atom is 0.560 e. The molecule has 2 saturated carbocycles. The Bertz CT molecular complexity index is 2150. The van der Waals surface area contributed by atoms with E-state index < -0.39 is 47.8 Å². The Kier molecular flexibility index (Phi) is 33.1. The van der Waals surface area contributed by atoms with Crippen LogP contribution in [0.2, 0.25) is 6.82 Å². The largest absolute Gasteiger partial charge is 0.560 e. The van der Waals surface area contributed by atoms with Gasteiger partial charge in [-0.2, -0.15) is 4.79 Å². The number of rotatable bonds is 28. The Morgan fingerprint density at radius 3 is 1.19 bits per heavy atom. The highest BCUT2D eigenvalue weighted by atomic mass is 33.1. The van der Waals surface area contributed by atoms with Crippen LogP contribution in [0.25, 0.3) is 0 Å². The Morgan fingerprint density at radius 1 is 0.525 bits per heavy atom. The maximum absolute atomic E-state index is 11.9. The second-order valence-electron chi connectivity index (χ2n) is 18.4. The van der Waals surface area contributed by atoms with Crippen LogP contribution in [0.1, 0.15) is 116 Å². The molecular formula is C52H70BN4O19S4. The van der Waals surface area contributed by atoms with Gasteiger partial charge in [0.05, 0.1) is 33.0 Å². The first-order valence-corrected chi connectivity index (χ1v) is 31.7. The molecule has 3 heterocycles. The number of carbonyl (C=O) groups excluding carboxylic acids is 10. The summed E-state index contributed by atoms with van der Waals surface area (Å²) in [4.78, 5) is 127. The molecule has 1 N–H and O–H groups in total. The molecule has 23 nitrogen and oxygen atoms in total. The quantitative estimate of drug-likeness (QED) is 0.0179. The number of hydrogen-bond acceptors (Lipinski definition) is 24. The third-order valence-corrected chi connectivity index (χ3v) is 17.6. The molecule has 4 aliphatic carbocycles. The van der Waals surface area contributed by atoms with Crippen LogP contribution in [0.15, 0.2) is 0 Å². The molecule has 28 heteroatoms. The first-order chi connectivity index (χ1) is 38.8. The summed E-state index contributed by atoms with van der Waals surface area (Å²) in [6.07, 6.45) is 8.00. The zero-order valence-corrected chi connectivity index (χ0v) is 48.2. The summed E-state index contributed by atoms with van der Waals surface area (Å²) >= 11 is 0. The highest BCUT2D eigenvalue weighted by molar-refractivity contribution is 8.77. The van der Waals surface area contributed by atoms with Gasteiger partial charge in [0.2, 0.25) is 0 Å². The van der Waals surface area contributed by atoms with E-state index in [4.69, 9.17) is 34.1 Å². The molecule has 0 spiro atoms. The SMILES string of the molecule is C[B]C#N.O=C(CCCOCCSSCCO)OCC1C2CCC#CCCC21.O=C(CCCOCCSSCCOC(=O)ON1C(=O)CCC1=O)OCC1C2CCC#CCCC21.O=C(ON1C(=O)CCC1=O)ON1C(=O)CCC1=O. The normalized spacial score (nSPS) is 22.0. The molecule has 0 aromatic carbocycles. The number of aliphatic hydroxyl groups is 1. The van der Waals surface area contributed by atoms with Crippen molar-refractivity contribution in [3.63, 3.8) is 0 Å². The molecule has 3 aliphatic heterocycles. The van der Waals surface area contributed by atoms with Crippen molar-refractivity contribution in [3.8, 4) is 29.7 Å². The van der Waals surface area contributed by atoms with Crippen LogP contribution in [-0.2, 0) is 76.6 Å². The summed E-state index contributed by atoms with van der Waals surface area (Å²) in [5.74, 6) is 17.4. The van der Waals surface area contributed by atoms with Crippen LogP contribution in [0.5, 0.6) is 0 Å². The number of hydroxylamine groups is 6. The number of nitrogens with zero attached hydrogens (tertiary/aromatic N) is 4. The zero-order chi connectivity index (χ0) is 57.9. The zero-order valence-electron chi connectivity index (χ0n) is 45.0. The number of amides is 6. The predicted molar refractivity (Wildman–Crippen MR) is 293 cm³/mol. The minimum absolute atomic E-state index is 0.0441. The van der Waals surface area contributed by atoms with Crippen molar-refractivity contribution in [1.82, 2.24) is 15.2 Å². The Hall–Kier alpha value is -5.15. The number of esters is 2. The smallest absolute Gasteiger partial charge is 0.465 e. The Balaban J connectivity index is 0.000000261. The van der Waals surface area contributed by atoms with Crippen molar-refractivity contribution < 1.29 is 91.2 Å². The molecule has 7 aliphatic rings. The Morgan fingerprint density at radius 2 is 0.850 bits per heavy atom. The molecule has 4 atom stereocenters. The van der Waals surface area contributed by atoms with Crippen molar-refractivity contribution in [2.45, 2.75) is 122 Å². The van der Waals surface area contributed by atoms with Gasteiger partial charge in [-0.1, -0.05) is 65.2 Å². The first-order valence-electron chi connectivity index (χ1n) is 26.8. The lowest BCUT2D eigenvalue weighted by molar-refractivity contribution is -0.198. The molecule has 1 radical (unpaired) electrons. The molecular weight excluding hydrogens is 1120 g/mol. The number of carbonyl (C=O) groups is 10. The second-order valence-corrected chi connectivity index (χ2v) is 23.8. The van der Waals surface area contributed by atoms with Crippen LogP contribution in [0.3, 0.4) is 0 Å². The molecule has 7 rings (SSSR count). The van der Waals surface area contributed by atoms with Crippen LogP contribution in [0.4, 0.5) is 9.59 Å². The van der Waals surface area contributed by atoms with Crippen molar-refractivity contribution in [1.29, 1.82) is 5.26 Å². The van der Waals surface area contributed by atoms with Gasteiger partial charge in [-0.3, -0.25) is 52.9 Å². The molecule has 4 unspecified atom stereocenters. The van der Waals surface area contributed by atoms with Crippen LogP contribution in [-0.4, -0.2) is 163 Å². The minimum atomic E-state index is -1.48. The van der Waals surface area contributed by atoms with E-state index in [0.29, 0.717) is 93.4 Å². The van der Waals surface area contributed by atoms with E-state index >= 15 is 0 Å². The van der Waals surface area contributed by atoms with Gasteiger partial charge in [-0.25, -0.2) is 10.1 Å². The van der Waals surface area contributed by atoms with Crippen molar-refractivity contribution in [2.24, 2.45) is 35.5 Å². The standard InChI is InChI=1S/C23H31NO8S2.C18H28O4S2.C9H8N2O7.C2H3BN/c25-20-9-10-21(26)24(20)32-23(28)30-13-15-34-33-14-12-29-11-5-8-22(27)31-16-19-17-6-3-1-2-4-7-18(17)19;19-9-12-23-24-13-11-21-10-5-8-18(20)22-14-17-15-6-3-1-2-4-7-16(15)17;12-5-1-2-6(13)10(5)17-9(16)18-11-7(14)3-4-8(11)15;1-3-2-4/h17-19H,3-16H2;15-17,19H,3-14H2;1-4H2;1H3. The van der Waals surface area contributed by atoms with Gasteiger partial charge >= 0.3 is 24.2 Å². The van der Waals surface area contributed by atoms with Gasteiger partial charge in [-0.15, -0.1) is 23.7 Å². The fourth-order valence-electron chi connectivity index (χ4n) is 8.79. The predicted octanol–water partition coefficient (Wildman–Crippen LogP) is 5.99. The average Bonchev–Trinajstić information content (AvgIpc) is 4.13. The number of aliphatic hydroxyl groups excluding tert-OH is 1. The highest BCUT2D eigenvalue weighted by Gasteiger charge is 2.50. The van der Waals surface area contributed by atoms with Crippen molar-refractivity contribution in [3.05, 3.63) is 0 Å². The van der Waals surface area contributed by atoms with Crippen LogP contribution < -0.4 is 0 Å². The van der Waals surface area contributed by atoms with E-state index in [1.807, 2.05) is 0 Å². The fraction of sp³-hybridized carbons (Fsp3) is 0.712. The lowest BCUT2D eigenvalue weighted by Gasteiger charge is -2.15. The van der Waals surface area contributed by atoms with Gasteiger partial charge in [0.15, 0.2) is 0 Å². The summed E-state index contributed by atoms with van der Waals surface area (Å²) in [5, 5.41) is 17.2. The summed E-state index contributed by atoms with van der Waals surface area (Å²) < 4.78 is 26.8. The molecule has 0 aromatic rings. The lowest BCUT2D eigenvalue weighted by atomic mass is 9.86. The van der Waals surface area contributed by atoms with Gasteiger partial charge in [-0.05, 0) is 80.0 Å². The second kappa shape index (κ2) is 39.3. The molecule has 3 saturated heterocycles. The Labute approximate surface area is 482 Å². The molecule has 439 valence electrons. The fourth-order valence-corrected chi connectivity index (χ4v) is 12.1. The number of imide groups is 3. The number of ether oxygens (including phenoxy) is 5. The monoisotopic (exact) mass is 1190 g/mol. The number of hydrogen-bond donors (Lipinski definition) is 1. The molecule has 5 fully saturated rings. The summed E-state index contributed by atoms with van der Waals surface area (Å²) in [6.45, 7) is 5.50. The van der Waals surface area contributed by atoms with E-state index in [1.54, 1.807) is 45.2 Å². The van der Waals surface area contributed by atoms with Gasteiger partial charge < -0.3 is 28.8 Å². The van der Waals surface area contributed by atoms with Crippen LogP contribution in [0, 0.1) is 70.4 Å². The topological polar surface area (TPSA) is 298 Å². The number of nitriles is 1. The highest BCUT2D eigenvalue weighted by Crippen LogP contribution is 2.53. The number of fused-ring (bicyclic) bond motifs is 2. The lowest BCUT2D eigenvalue weighted by Crippen LogP contribution is -2.37. The summed E-state index contributed by atoms with van der Waals surface area (Å²) in [6, 6.07) is 0. The third-order valence-electron chi connectivity index (χ3n) is 12.9. The molecule has 80 heavy (non-hydrogen) atoms. The molecule has 0 aromatic heterocycles. The van der Waals surface area contributed by atoms with Gasteiger partial charge in [0, 0.05) is 113 Å².